The van der Waals surface area contributed by atoms with Crippen molar-refractivity contribution < 1.29 is 47.5 Å². The highest BCUT2D eigenvalue weighted by Crippen LogP contribution is 2.43. The number of phosphoric acid groups is 1. The van der Waals surface area contributed by atoms with Crippen molar-refractivity contribution >= 4 is 25.7 Å². The van der Waals surface area contributed by atoms with Crippen LogP contribution in [0.2, 0.25) is 0 Å². The van der Waals surface area contributed by atoms with E-state index in [0.717, 1.165) is 44.9 Å². The topological polar surface area (TPSA) is 172 Å². The first-order chi connectivity index (χ1) is 29.1. The van der Waals surface area contributed by atoms with E-state index in [0.29, 0.717) is 12.8 Å². The minimum Gasteiger partial charge on any atom is -0.480 e. The number of carbonyl (C=O) groups is 3. The molecule has 0 bridgehead atoms. The lowest BCUT2D eigenvalue weighted by Gasteiger charge is -2.20. The van der Waals surface area contributed by atoms with Crippen LogP contribution in [0.15, 0.2) is 24.3 Å². The number of carboxylic acid groups (broad SMARTS) is 1. The van der Waals surface area contributed by atoms with Gasteiger partial charge in [0, 0.05) is 12.8 Å². The number of hydrogen-bond acceptors (Lipinski definition) is 9. The number of carbonyl (C=O) groups excluding carboxylic acids is 2. The summed E-state index contributed by atoms with van der Waals surface area (Å²) in [6.07, 6.45) is 46.8. The molecule has 0 aliphatic heterocycles. The van der Waals surface area contributed by atoms with Crippen LogP contribution in [-0.4, -0.2) is 59.9 Å². The zero-order valence-corrected chi connectivity index (χ0v) is 39.2. The summed E-state index contributed by atoms with van der Waals surface area (Å²) in [4.78, 5) is 46.0. The van der Waals surface area contributed by atoms with E-state index in [9.17, 15) is 23.8 Å². The second kappa shape index (κ2) is 43.6. The summed E-state index contributed by atoms with van der Waals surface area (Å²) in [7, 11) is -4.72. The van der Waals surface area contributed by atoms with E-state index in [1.165, 1.54) is 148 Å². The predicted octanol–water partition coefficient (Wildman–Crippen LogP) is 13.4. The molecule has 0 aromatic carbocycles. The Labute approximate surface area is 366 Å². The highest BCUT2D eigenvalue weighted by atomic mass is 31.2. The molecule has 1 unspecified atom stereocenters. The van der Waals surface area contributed by atoms with E-state index in [1.807, 2.05) is 0 Å². The fourth-order valence-corrected chi connectivity index (χ4v) is 7.64. The Kier molecular flexibility index (Phi) is 42.1. The fraction of sp³-hybridized carbons (Fsp3) is 0.854. The van der Waals surface area contributed by atoms with Crippen LogP contribution >= 0.6 is 7.82 Å². The highest BCUT2D eigenvalue weighted by Gasteiger charge is 2.28. The molecule has 0 spiro atoms. The molecule has 0 rings (SSSR count). The Morgan fingerprint density at radius 2 is 0.883 bits per heavy atom. The first kappa shape index (κ1) is 58.0. The quantitative estimate of drug-likeness (QED) is 0.0230. The van der Waals surface area contributed by atoms with E-state index in [1.54, 1.807) is 0 Å². The number of aliphatic carboxylic acids is 1. The molecule has 12 heteroatoms. The van der Waals surface area contributed by atoms with Crippen LogP contribution in [0.25, 0.3) is 0 Å². The lowest BCUT2D eigenvalue weighted by atomic mass is 10.0. The lowest BCUT2D eigenvalue weighted by Crippen LogP contribution is -2.34. The van der Waals surface area contributed by atoms with Gasteiger partial charge in [-0.25, -0.2) is 4.57 Å². The maximum absolute atomic E-state index is 12.6. The van der Waals surface area contributed by atoms with Gasteiger partial charge in [0.05, 0.1) is 13.2 Å². The Morgan fingerprint density at radius 3 is 1.33 bits per heavy atom. The van der Waals surface area contributed by atoms with Crippen molar-refractivity contribution in [3.63, 3.8) is 0 Å². The van der Waals surface area contributed by atoms with Crippen LogP contribution in [0.5, 0.6) is 0 Å². The first-order valence-corrected chi connectivity index (χ1v) is 25.9. The second-order valence-electron chi connectivity index (χ2n) is 16.6. The van der Waals surface area contributed by atoms with Crippen molar-refractivity contribution in [3.8, 4) is 0 Å². The number of hydrogen-bond donors (Lipinski definition) is 3. The number of carboxylic acids is 1. The Bertz CT molecular complexity index is 1120. The molecular formula is C48H90NO10P. The standard InChI is InChI=1S/C48H90NO10P/c1-3-5-7-9-11-13-15-17-19-20-21-22-23-24-26-27-29-31-33-35-37-39-46(50)56-41-44(42-57-60(54,55)58-43-45(49)48(52)53)59-47(51)40-38-36-34-32-30-28-25-18-16-14-12-10-8-6-4-2/h18,25,30,32,44-45H,3-17,19-24,26-29,31,33-43,49H2,1-2H3,(H,52,53)(H,54,55)/b25-18+,32-30+/t44-,45-/m0/s1. The molecule has 0 saturated carbocycles. The average Bonchev–Trinajstić information content (AvgIpc) is 3.22. The summed E-state index contributed by atoms with van der Waals surface area (Å²) in [5.74, 6) is -2.41. The van der Waals surface area contributed by atoms with Gasteiger partial charge in [0.1, 0.15) is 12.6 Å². The molecule has 0 fully saturated rings. The van der Waals surface area contributed by atoms with Crippen molar-refractivity contribution in [1.29, 1.82) is 0 Å². The maximum Gasteiger partial charge on any atom is 0.472 e. The summed E-state index contributed by atoms with van der Waals surface area (Å²) in [5.41, 5.74) is 5.34. The van der Waals surface area contributed by atoms with Crippen LogP contribution in [0, 0.1) is 0 Å². The third-order valence-electron chi connectivity index (χ3n) is 10.7. The number of ether oxygens (including phenoxy) is 2. The third kappa shape index (κ3) is 42.6. The predicted molar refractivity (Wildman–Crippen MR) is 245 cm³/mol. The SMILES string of the molecule is CCCCCCCC/C=C/C/C=C/CCCCC(=O)O[C@@H](COC(=O)CCCCCCCCCCCCCCCCCCCCCCC)COP(=O)(O)OC[C@H](N)C(=O)O. The van der Waals surface area contributed by atoms with E-state index < -0.39 is 51.1 Å². The number of esters is 2. The van der Waals surface area contributed by atoms with Crippen molar-refractivity contribution in [2.24, 2.45) is 5.73 Å². The molecule has 3 atom stereocenters. The van der Waals surface area contributed by atoms with Crippen molar-refractivity contribution in [2.75, 3.05) is 19.8 Å². The van der Waals surface area contributed by atoms with Crippen LogP contribution in [0.4, 0.5) is 0 Å². The van der Waals surface area contributed by atoms with Crippen LogP contribution in [-0.2, 0) is 37.5 Å². The molecule has 0 radical (unpaired) electrons. The molecule has 0 aliphatic carbocycles. The van der Waals surface area contributed by atoms with E-state index in [2.05, 4.69) is 42.7 Å². The van der Waals surface area contributed by atoms with Gasteiger partial charge in [-0.15, -0.1) is 0 Å². The number of allylic oxidation sites excluding steroid dienone is 4. The Morgan fingerprint density at radius 1 is 0.517 bits per heavy atom. The largest absolute Gasteiger partial charge is 0.480 e. The van der Waals surface area contributed by atoms with Crippen molar-refractivity contribution in [3.05, 3.63) is 24.3 Å². The van der Waals surface area contributed by atoms with Gasteiger partial charge >= 0.3 is 25.7 Å². The van der Waals surface area contributed by atoms with E-state index in [4.69, 9.17) is 24.8 Å². The summed E-state index contributed by atoms with van der Waals surface area (Å²) in [6.45, 7) is 2.80. The number of rotatable bonds is 46. The van der Waals surface area contributed by atoms with Gasteiger partial charge in [-0.3, -0.25) is 23.4 Å². The van der Waals surface area contributed by atoms with Gasteiger partial charge in [-0.05, 0) is 44.9 Å². The molecule has 0 saturated heterocycles. The zero-order chi connectivity index (χ0) is 44.2. The minimum atomic E-state index is -4.72. The van der Waals surface area contributed by atoms with E-state index >= 15 is 0 Å². The number of unbranched alkanes of at least 4 members (excludes halogenated alkanes) is 28. The lowest BCUT2D eigenvalue weighted by molar-refractivity contribution is -0.161. The third-order valence-corrected chi connectivity index (χ3v) is 11.7. The van der Waals surface area contributed by atoms with Crippen molar-refractivity contribution in [2.45, 2.75) is 244 Å². The van der Waals surface area contributed by atoms with E-state index in [-0.39, 0.29) is 19.4 Å². The molecule has 0 aromatic rings. The normalized spacial score (nSPS) is 13.8. The van der Waals surface area contributed by atoms with Crippen LogP contribution in [0.3, 0.4) is 0 Å². The van der Waals surface area contributed by atoms with Gasteiger partial charge < -0.3 is 25.2 Å². The van der Waals surface area contributed by atoms with Gasteiger partial charge in [0.15, 0.2) is 6.10 Å². The Hall–Kier alpha value is -2.04. The molecular weight excluding hydrogens is 781 g/mol. The number of nitrogens with two attached hydrogens (primary N) is 1. The fourth-order valence-electron chi connectivity index (χ4n) is 6.86. The summed E-state index contributed by atoms with van der Waals surface area (Å²) < 4.78 is 32.7. The molecule has 60 heavy (non-hydrogen) atoms. The maximum atomic E-state index is 12.6. The van der Waals surface area contributed by atoms with Gasteiger partial charge in [0.2, 0.25) is 0 Å². The van der Waals surface area contributed by atoms with Gasteiger partial charge in [0.25, 0.3) is 0 Å². The molecule has 11 nitrogen and oxygen atoms in total. The minimum absolute atomic E-state index is 0.122. The highest BCUT2D eigenvalue weighted by molar-refractivity contribution is 7.47. The average molecular weight is 872 g/mol. The van der Waals surface area contributed by atoms with Crippen molar-refractivity contribution in [1.82, 2.24) is 0 Å². The molecule has 0 heterocycles. The summed E-state index contributed by atoms with van der Waals surface area (Å²) >= 11 is 0. The molecule has 352 valence electrons. The summed E-state index contributed by atoms with van der Waals surface area (Å²) in [5, 5.41) is 8.90. The molecule has 0 aromatic heterocycles. The zero-order valence-electron chi connectivity index (χ0n) is 38.3. The monoisotopic (exact) mass is 872 g/mol. The molecule has 4 N–H and O–H groups in total. The van der Waals surface area contributed by atoms with Crippen LogP contribution < -0.4 is 5.73 Å². The number of phosphoric ester groups is 1. The second-order valence-corrected chi connectivity index (χ2v) is 18.1. The smallest absolute Gasteiger partial charge is 0.472 e. The molecule has 0 amide bonds. The summed E-state index contributed by atoms with van der Waals surface area (Å²) in [6, 6.07) is -1.52. The first-order valence-electron chi connectivity index (χ1n) is 24.4. The van der Waals surface area contributed by atoms with Gasteiger partial charge in [-0.2, -0.15) is 0 Å². The molecule has 0 aliphatic rings. The Balaban J connectivity index is 4.26. The van der Waals surface area contributed by atoms with Crippen LogP contribution in [0.1, 0.15) is 232 Å². The van der Waals surface area contributed by atoms with Gasteiger partial charge in [-0.1, -0.05) is 199 Å².